The molecule has 0 bridgehead atoms. The fourth-order valence-electron chi connectivity index (χ4n) is 5.14. The molecule has 1 atom stereocenters. The summed E-state index contributed by atoms with van der Waals surface area (Å²) in [6.07, 6.45) is 2.93. The monoisotopic (exact) mass is 724 g/mol. The summed E-state index contributed by atoms with van der Waals surface area (Å²) in [5, 5.41) is 16.2. The van der Waals surface area contributed by atoms with Gasteiger partial charge < -0.3 is 25.4 Å². The van der Waals surface area contributed by atoms with Gasteiger partial charge in [0.2, 0.25) is 11.8 Å². The summed E-state index contributed by atoms with van der Waals surface area (Å²) >= 11 is 13.2. The second-order valence-electron chi connectivity index (χ2n) is 11.6. The topological polar surface area (TPSA) is 138 Å². The average molecular weight is 726 g/mol. The van der Waals surface area contributed by atoms with Gasteiger partial charge in [-0.2, -0.15) is 0 Å². The minimum absolute atomic E-state index is 0.0343. The van der Waals surface area contributed by atoms with Gasteiger partial charge in [-0.1, -0.05) is 83.9 Å². The maximum Gasteiger partial charge on any atom is 0.326 e. The Morgan fingerprint density at radius 2 is 1.67 bits per heavy atom. The number of hydrogen-bond acceptors (Lipinski definition) is 6. The molecule has 0 radical (unpaired) electrons. The van der Waals surface area contributed by atoms with Crippen LogP contribution < -0.4 is 20.3 Å². The molecule has 1 aromatic heterocycles. The number of fused-ring (bicyclic) bond motifs is 1. The van der Waals surface area contributed by atoms with Crippen molar-refractivity contribution < 1.29 is 29.0 Å². The number of halogens is 2. The highest BCUT2D eigenvalue weighted by Crippen LogP contribution is 2.35. The maximum absolute atomic E-state index is 13.0. The van der Waals surface area contributed by atoms with E-state index in [0.29, 0.717) is 33.1 Å². The van der Waals surface area contributed by atoms with E-state index >= 15 is 0 Å². The van der Waals surface area contributed by atoms with Crippen LogP contribution in [0.1, 0.15) is 32.7 Å². The van der Waals surface area contributed by atoms with E-state index in [1.54, 1.807) is 55.6 Å². The number of anilines is 1. The number of carbonyl (C=O) groups excluding carboxylic acids is 3. The Morgan fingerprint density at radius 1 is 0.922 bits per heavy atom. The van der Waals surface area contributed by atoms with E-state index in [4.69, 9.17) is 27.9 Å². The van der Waals surface area contributed by atoms with Crippen LogP contribution in [-0.2, 0) is 27.4 Å². The van der Waals surface area contributed by atoms with Crippen LogP contribution in [0, 0.1) is 6.92 Å². The summed E-state index contributed by atoms with van der Waals surface area (Å²) in [6, 6.07) is 27.0. The number of aliphatic carboxylic acids is 1. The molecular weight excluding hydrogens is 691 g/mol. The number of nitrogens with zero attached hydrogens (tertiary/aromatic N) is 2. The van der Waals surface area contributed by atoms with Gasteiger partial charge in [-0.15, -0.1) is 0 Å². The van der Waals surface area contributed by atoms with Crippen molar-refractivity contribution in [3.8, 4) is 5.75 Å². The standard InChI is InChI=1S/C39H34Cl2N4O6/c1-24-11-15-27-9-6-10-33(37(27)43-24)51-23-29-30(40)18-19-32(36(29)41)45(2)35(47)22-42-34(46)20-14-25-12-16-28(17-13-25)38(48)44-31(39(49)50)21-26-7-4-3-5-8-26/h3-20,31H,21-23H2,1-2H3,(H,42,46)(H,44,48)(H,49,50)/b20-14+/t31-/m1/s1. The first-order valence-electron chi connectivity index (χ1n) is 15.9. The van der Waals surface area contributed by atoms with Gasteiger partial charge in [-0.3, -0.25) is 14.4 Å². The molecule has 260 valence electrons. The van der Waals surface area contributed by atoms with Crippen molar-refractivity contribution in [2.75, 3.05) is 18.5 Å². The molecule has 3 amide bonds. The molecule has 0 aliphatic heterocycles. The van der Waals surface area contributed by atoms with Gasteiger partial charge in [0.05, 0.1) is 17.3 Å². The third-order valence-electron chi connectivity index (χ3n) is 8.00. The Labute approximate surface area is 304 Å². The fourth-order valence-corrected chi connectivity index (χ4v) is 5.75. The first-order valence-corrected chi connectivity index (χ1v) is 16.6. The minimum atomic E-state index is -1.14. The van der Waals surface area contributed by atoms with Crippen LogP contribution in [-0.4, -0.2) is 53.4 Å². The molecule has 4 aromatic carbocycles. The van der Waals surface area contributed by atoms with Gasteiger partial charge in [-0.25, -0.2) is 9.78 Å². The number of rotatable bonds is 13. The highest BCUT2D eigenvalue weighted by Gasteiger charge is 2.22. The largest absolute Gasteiger partial charge is 0.487 e. The Bertz CT molecular complexity index is 2110. The lowest BCUT2D eigenvalue weighted by Crippen LogP contribution is -2.42. The summed E-state index contributed by atoms with van der Waals surface area (Å²) in [5.74, 6) is -2.05. The van der Waals surface area contributed by atoms with Crippen LogP contribution in [0.25, 0.3) is 17.0 Å². The van der Waals surface area contributed by atoms with Crippen molar-refractivity contribution in [3.05, 3.63) is 141 Å². The molecule has 3 N–H and O–H groups in total. The Morgan fingerprint density at radius 3 is 2.39 bits per heavy atom. The number of ether oxygens (including phenoxy) is 1. The third-order valence-corrected chi connectivity index (χ3v) is 8.77. The van der Waals surface area contributed by atoms with E-state index in [0.717, 1.165) is 16.6 Å². The van der Waals surface area contributed by atoms with Gasteiger partial charge in [0.15, 0.2) is 0 Å². The number of amides is 3. The molecule has 0 fully saturated rings. The predicted octanol–water partition coefficient (Wildman–Crippen LogP) is 6.65. The summed E-state index contributed by atoms with van der Waals surface area (Å²) < 4.78 is 6.08. The first-order chi connectivity index (χ1) is 24.5. The third kappa shape index (κ3) is 9.50. The van der Waals surface area contributed by atoms with E-state index in [-0.39, 0.29) is 30.2 Å². The van der Waals surface area contributed by atoms with Crippen LogP contribution in [0.4, 0.5) is 5.69 Å². The summed E-state index contributed by atoms with van der Waals surface area (Å²) in [4.78, 5) is 55.9. The molecule has 0 spiro atoms. The Kier molecular flexibility index (Phi) is 12.0. The number of para-hydroxylation sites is 1. The highest BCUT2D eigenvalue weighted by molar-refractivity contribution is 6.38. The number of nitrogens with one attached hydrogen (secondary N) is 2. The van der Waals surface area contributed by atoms with Crippen LogP contribution in [0.15, 0.2) is 103 Å². The lowest BCUT2D eigenvalue weighted by molar-refractivity contribution is -0.139. The van der Waals surface area contributed by atoms with Gasteiger partial charge in [0, 0.05) is 46.8 Å². The smallest absolute Gasteiger partial charge is 0.326 e. The van der Waals surface area contributed by atoms with Crippen LogP contribution in [0.3, 0.4) is 0 Å². The molecule has 12 heteroatoms. The molecule has 51 heavy (non-hydrogen) atoms. The molecule has 10 nitrogen and oxygen atoms in total. The average Bonchev–Trinajstić information content (AvgIpc) is 3.13. The van der Waals surface area contributed by atoms with E-state index in [1.165, 1.54) is 29.2 Å². The van der Waals surface area contributed by atoms with Gasteiger partial charge in [0.25, 0.3) is 5.91 Å². The SMILES string of the molecule is Cc1ccc2cccc(OCc3c(Cl)ccc(N(C)C(=O)CNC(=O)/C=C/c4ccc(C(=O)N[C@H](Cc5ccccc5)C(=O)O)cc4)c3Cl)c2n1. The van der Waals surface area contributed by atoms with Crippen molar-refractivity contribution in [2.24, 2.45) is 0 Å². The predicted molar refractivity (Wildman–Crippen MR) is 198 cm³/mol. The number of carboxylic acids is 1. The molecule has 1 heterocycles. The van der Waals surface area contributed by atoms with E-state index in [1.807, 2.05) is 43.3 Å². The summed E-state index contributed by atoms with van der Waals surface area (Å²) in [7, 11) is 1.54. The second kappa shape index (κ2) is 16.8. The zero-order chi connectivity index (χ0) is 36.5. The lowest BCUT2D eigenvalue weighted by atomic mass is 10.1. The van der Waals surface area contributed by atoms with E-state index < -0.39 is 29.7 Å². The number of aromatic nitrogens is 1. The molecule has 0 saturated carbocycles. The van der Waals surface area contributed by atoms with Gasteiger partial charge >= 0.3 is 5.97 Å². The molecule has 5 aromatic rings. The van der Waals surface area contributed by atoms with Crippen molar-refractivity contribution in [1.82, 2.24) is 15.6 Å². The molecule has 0 saturated heterocycles. The molecule has 0 aliphatic carbocycles. The van der Waals surface area contributed by atoms with E-state index in [2.05, 4.69) is 15.6 Å². The lowest BCUT2D eigenvalue weighted by Gasteiger charge is -2.21. The van der Waals surface area contributed by atoms with Crippen LogP contribution in [0.5, 0.6) is 5.75 Å². The summed E-state index contributed by atoms with van der Waals surface area (Å²) in [6.45, 7) is 1.63. The zero-order valence-corrected chi connectivity index (χ0v) is 29.2. The number of likely N-dealkylation sites (N-methyl/N-ethyl adjacent to an activating group) is 1. The van der Waals surface area contributed by atoms with E-state index in [9.17, 15) is 24.3 Å². The van der Waals surface area contributed by atoms with Gasteiger partial charge in [0.1, 0.15) is 23.9 Å². The summed E-state index contributed by atoms with van der Waals surface area (Å²) in [5.41, 5.74) is 4.10. The first kappa shape index (κ1) is 36.6. The number of hydrogen-bond donors (Lipinski definition) is 3. The van der Waals surface area contributed by atoms with Crippen molar-refractivity contribution in [1.29, 1.82) is 0 Å². The molecule has 5 rings (SSSR count). The number of aryl methyl sites for hydroxylation is 1. The van der Waals surface area contributed by atoms with Crippen molar-refractivity contribution >= 4 is 69.6 Å². The molecule has 0 unspecified atom stereocenters. The number of carboxylic acid groups (broad SMARTS) is 1. The Balaban J connectivity index is 1.14. The fraction of sp³-hybridized carbons (Fsp3) is 0.154. The Hall–Kier alpha value is -5.71. The van der Waals surface area contributed by atoms with Crippen LogP contribution in [0.2, 0.25) is 10.0 Å². The normalized spacial score (nSPS) is 11.6. The minimum Gasteiger partial charge on any atom is -0.487 e. The molecular formula is C39H34Cl2N4O6. The molecule has 0 aliphatic rings. The van der Waals surface area contributed by atoms with Gasteiger partial charge in [-0.05, 0) is 60.5 Å². The highest BCUT2D eigenvalue weighted by atomic mass is 35.5. The van der Waals surface area contributed by atoms with Crippen molar-refractivity contribution in [2.45, 2.75) is 26.0 Å². The van der Waals surface area contributed by atoms with Crippen LogP contribution >= 0.6 is 23.2 Å². The zero-order valence-electron chi connectivity index (χ0n) is 27.7. The maximum atomic E-state index is 13.0. The number of pyridine rings is 1. The quantitative estimate of drug-likeness (QED) is 0.116. The number of benzene rings is 4. The second-order valence-corrected chi connectivity index (χ2v) is 12.4. The number of carbonyl (C=O) groups is 4. The van der Waals surface area contributed by atoms with Crippen molar-refractivity contribution in [3.63, 3.8) is 0 Å².